The first-order valence-corrected chi connectivity index (χ1v) is 7.38. The van der Waals surface area contributed by atoms with Gasteiger partial charge in [0.05, 0.1) is 7.11 Å². The van der Waals surface area contributed by atoms with Gasteiger partial charge in [0.15, 0.2) is 0 Å². The van der Waals surface area contributed by atoms with Gasteiger partial charge >= 0.3 is 0 Å². The summed E-state index contributed by atoms with van der Waals surface area (Å²) in [6.45, 7) is 0.841. The van der Waals surface area contributed by atoms with E-state index in [1.54, 1.807) is 19.2 Å². The van der Waals surface area contributed by atoms with Crippen LogP contribution >= 0.6 is 0 Å². The van der Waals surface area contributed by atoms with Crippen molar-refractivity contribution in [1.82, 2.24) is 5.32 Å². The predicted molar refractivity (Wildman–Crippen MR) is 82.2 cm³/mol. The van der Waals surface area contributed by atoms with Crippen molar-refractivity contribution in [2.75, 3.05) is 13.7 Å². The summed E-state index contributed by atoms with van der Waals surface area (Å²) in [5.74, 6) is 1.17. The lowest BCUT2D eigenvalue weighted by atomic mass is 10.1. The van der Waals surface area contributed by atoms with E-state index in [2.05, 4.69) is 29.6 Å². The fourth-order valence-electron chi connectivity index (χ4n) is 2.82. The van der Waals surface area contributed by atoms with Gasteiger partial charge in [-0.05, 0) is 48.7 Å². The molecular formula is C18H20FNO. The van der Waals surface area contributed by atoms with Crippen LogP contribution in [0.1, 0.15) is 23.5 Å². The molecule has 110 valence electrons. The van der Waals surface area contributed by atoms with E-state index in [4.69, 9.17) is 4.74 Å². The van der Waals surface area contributed by atoms with Crippen molar-refractivity contribution in [3.05, 3.63) is 65.5 Å². The first kappa shape index (κ1) is 14.1. The van der Waals surface area contributed by atoms with Gasteiger partial charge in [0.2, 0.25) is 0 Å². The average Bonchev–Trinajstić information content (AvgIpc) is 3.28. The molecule has 2 nitrogen and oxygen atoms in total. The fraction of sp³-hybridized carbons (Fsp3) is 0.333. The molecule has 21 heavy (non-hydrogen) atoms. The summed E-state index contributed by atoms with van der Waals surface area (Å²) < 4.78 is 18.6. The van der Waals surface area contributed by atoms with E-state index in [1.165, 1.54) is 18.1 Å². The minimum absolute atomic E-state index is 0.209. The van der Waals surface area contributed by atoms with Crippen molar-refractivity contribution < 1.29 is 9.13 Å². The Bertz CT molecular complexity index is 599. The first-order chi connectivity index (χ1) is 10.3. The summed E-state index contributed by atoms with van der Waals surface area (Å²) in [7, 11) is 1.62. The van der Waals surface area contributed by atoms with Crippen LogP contribution in [0.4, 0.5) is 4.39 Å². The van der Waals surface area contributed by atoms with Gasteiger partial charge < -0.3 is 10.1 Å². The molecule has 0 amide bonds. The van der Waals surface area contributed by atoms with Crippen LogP contribution in [-0.2, 0) is 6.42 Å². The molecule has 1 saturated carbocycles. The summed E-state index contributed by atoms with van der Waals surface area (Å²) in [4.78, 5) is 0. The molecule has 0 bridgehead atoms. The number of methoxy groups -OCH3 is 1. The second-order valence-electron chi connectivity index (χ2n) is 5.52. The van der Waals surface area contributed by atoms with E-state index in [-0.39, 0.29) is 5.82 Å². The Balaban J connectivity index is 1.51. The molecule has 2 aromatic carbocycles. The Kier molecular flexibility index (Phi) is 4.20. The van der Waals surface area contributed by atoms with Crippen LogP contribution < -0.4 is 10.1 Å². The largest absolute Gasteiger partial charge is 0.496 e. The number of rotatable bonds is 6. The van der Waals surface area contributed by atoms with Crippen molar-refractivity contribution in [1.29, 1.82) is 0 Å². The lowest BCUT2D eigenvalue weighted by molar-refractivity contribution is 0.407. The molecular weight excluding hydrogens is 265 g/mol. The maximum atomic E-state index is 13.3. The highest BCUT2D eigenvalue weighted by Gasteiger charge is 2.37. The lowest BCUT2D eigenvalue weighted by Gasteiger charge is -2.09. The Hall–Kier alpha value is -1.87. The second-order valence-corrected chi connectivity index (χ2v) is 5.52. The molecule has 1 aliphatic carbocycles. The molecule has 0 saturated heterocycles. The molecule has 0 aliphatic heterocycles. The van der Waals surface area contributed by atoms with Gasteiger partial charge in [-0.25, -0.2) is 4.39 Å². The van der Waals surface area contributed by atoms with Crippen molar-refractivity contribution in [2.24, 2.45) is 0 Å². The molecule has 2 atom stereocenters. The summed E-state index contributed by atoms with van der Waals surface area (Å²) in [5, 5.41) is 3.55. The Morgan fingerprint density at radius 2 is 2.00 bits per heavy atom. The molecule has 0 aromatic heterocycles. The van der Waals surface area contributed by atoms with E-state index >= 15 is 0 Å². The zero-order chi connectivity index (χ0) is 14.7. The van der Waals surface area contributed by atoms with Gasteiger partial charge in [0, 0.05) is 12.0 Å². The Morgan fingerprint density at radius 1 is 1.19 bits per heavy atom. The smallest absolute Gasteiger partial charge is 0.123 e. The second kappa shape index (κ2) is 6.27. The quantitative estimate of drug-likeness (QED) is 0.877. The third-order valence-corrected chi connectivity index (χ3v) is 4.06. The molecule has 3 heteroatoms. The summed E-state index contributed by atoms with van der Waals surface area (Å²) in [6.07, 6.45) is 1.96. The van der Waals surface area contributed by atoms with Crippen LogP contribution in [0.3, 0.4) is 0 Å². The number of hydrogen-bond donors (Lipinski definition) is 1. The molecule has 0 heterocycles. The number of benzene rings is 2. The zero-order valence-corrected chi connectivity index (χ0v) is 12.2. The monoisotopic (exact) mass is 285 g/mol. The van der Waals surface area contributed by atoms with E-state index in [0.717, 1.165) is 24.3 Å². The van der Waals surface area contributed by atoms with Gasteiger partial charge in [0.1, 0.15) is 11.6 Å². The Labute approximate surface area is 125 Å². The topological polar surface area (TPSA) is 21.3 Å². The van der Waals surface area contributed by atoms with Crippen molar-refractivity contribution >= 4 is 0 Å². The van der Waals surface area contributed by atoms with Crippen LogP contribution in [0.25, 0.3) is 0 Å². The van der Waals surface area contributed by atoms with Gasteiger partial charge in [-0.2, -0.15) is 0 Å². The van der Waals surface area contributed by atoms with E-state index in [0.29, 0.717) is 12.0 Å². The summed E-state index contributed by atoms with van der Waals surface area (Å²) in [5.41, 5.74) is 2.32. The number of ether oxygens (including phenoxy) is 1. The Morgan fingerprint density at radius 3 is 2.76 bits per heavy atom. The molecule has 2 aromatic rings. The third kappa shape index (κ3) is 3.42. The van der Waals surface area contributed by atoms with Crippen molar-refractivity contribution in [2.45, 2.75) is 24.8 Å². The molecule has 0 unspecified atom stereocenters. The van der Waals surface area contributed by atoms with Gasteiger partial charge in [-0.1, -0.05) is 30.3 Å². The SMILES string of the molecule is COc1ccc(F)cc1CCN[C@@H]1C[C@H]1c1ccccc1. The molecule has 1 fully saturated rings. The number of nitrogens with one attached hydrogen (secondary N) is 1. The summed E-state index contributed by atoms with van der Waals surface area (Å²) >= 11 is 0. The van der Waals surface area contributed by atoms with E-state index < -0.39 is 0 Å². The summed E-state index contributed by atoms with van der Waals surface area (Å²) in [6, 6.07) is 15.8. The van der Waals surface area contributed by atoms with Crippen LogP contribution in [0.15, 0.2) is 48.5 Å². The predicted octanol–water partition coefficient (Wildman–Crippen LogP) is 3.52. The van der Waals surface area contributed by atoms with Crippen LogP contribution in [-0.4, -0.2) is 19.7 Å². The average molecular weight is 285 g/mol. The molecule has 0 radical (unpaired) electrons. The molecule has 1 N–H and O–H groups in total. The number of halogens is 1. The number of hydrogen-bond acceptors (Lipinski definition) is 2. The van der Waals surface area contributed by atoms with Gasteiger partial charge in [-0.15, -0.1) is 0 Å². The highest BCUT2D eigenvalue weighted by molar-refractivity contribution is 5.34. The lowest BCUT2D eigenvalue weighted by Crippen LogP contribution is -2.21. The first-order valence-electron chi connectivity index (χ1n) is 7.38. The maximum absolute atomic E-state index is 13.3. The standard InChI is InChI=1S/C18H20FNO/c1-21-18-8-7-15(19)11-14(18)9-10-20-17-12-16(17)13-5-3-2-4-6-13/h2-8,11,16-17,20H,9-10,12H2,1H3/t16-,17+/m0/s1. The minimum atomic E-state index is -0.209. The van der Waals surface area contributed by atoms with Crippen molar-refractivity contribution in [3.63, 3.8) is 0 Å². The van der Waals surface area contributed by atoms with Crippen LogP contribution in [0.5, 0.6) is 5.75 Å². The fourth-order valence-corrected chi connectivity index (χ4v) is 2.82. The highest BCUT2D eigenvalue weighted by Crippen LogP contribution is 2.40. The third-order valence-electron chi connectivity index (χ3n) is 4.06. The van der Waals surface area contributed by atoms with Gasteiger partial charge in [-0.3, -0.25) is 0 Å². The van der Waals surface area contributed by atoms with Crippen LogP contribution in [0, 0.1) is 5.82 Å². The molecule has 0 spiro atoms. The highest BCUT2D eigenvalue weighted by atomic mass is 19.1. The maximum Gasteiger partial charge on any atom is 0.123 e. The normalized spacial score (nSPS) is 20.3. The van der Waals surface area contributed by atoms with E-state index in [9.17, 15) is 4.39 Å². The van der Waals surface area contributed by atoms with Crippen molar-refractivity contribution in [3.8, 4) is 5.75 Å². The van der Waals surface area contributed by atoms with Gasteiger partial charge in [0.25, 0.3) is 0 Å². The zero-order valence-electron chi connectivity index (χ0n) is 12.2. The molecule has 1 aliphatic rings. The van der Waals surface area contributed by atoms with E-state index in [1.807, 2.05) is 6.07 Å². The minimum Gasteiger partial charge on any atom is -0.496 e. The van der Waals surface area contributed by atoms with Crippen LogP contribution in [0.2, 0.25) is 0 Å². The molecule has 3 rings (SSSR count).